The number of amides is 6. The zero-order valence-electron chi connectivity index (χ0n) is 33.5. The minimum Gasteiger partial charge on any atom is -0.481 e. The summed E-state index contributed by atoms with van der Waals surface area (Å²) in [7, 11) is 0. The van der Waals surface area contributed by atoms with Crippen LogP contribution in [-0.4, -0.2) is 149 Å². The van der Waals surface area contributed by atoms with Crippen LogP contribution in [0.5, 0.6) is 0 Å². The first kappa shape index (κ1) is 52.6. The van der Waals surface area contributed by atoms with Crippen LogP contribution in [0.3, 0.4) is 0 Å². The number of carbonyl (C=O) groups is 8. The monoisotopic (exact) mass is 818 g/mol. The maximum absolute atomic E-state index is 12.1. The highest BCUT2D eigenvalue weighted by atomic mass is 16.5. The molecule has 0 aliphatic rings. The molecule has 0 aliphatic heterocycles. The maximum Gasteiger partial charge on any atom is 0.326 e. The first-order valence-corrected chi connectivity index (χ1v) is 19.8. The van der Waals surface area contributed by atoms with E-state index in [-0.39, 0.29) is 121 Å². The highest BCUT2D eigenvalue weighted by Gasteiger charge is 2.21. The van der Waals surface area contributed by atoms with Gasteiger partial charge in [0, 0.05) is 64.8 Å². The molecule has 0 spiro atoms. The molecule has 8 N–H and O–H groups in total. The molecule has 57 heavy (non-hydrogen) atoms. The van der Waals surface area contributed by atoms with Crippen molar-refractivity contribution in [3.63, 3.8) is 0 Å². The standard InChI is InChI=1S/C37H66N6O14/c1-2-3-16-38-31(45)11-8-18-40-33(47)15-14-29(37(52)53)43-35(49)28-57-26-24-55-22-20-42-34(48)27-56-25-23-54-21-19-41-32(46)12-9-17-39-30(44)10-6-4-5-7-13-36(50)51/h29H,2-28H2,1H3,(H,38,45)(H,39,44)(H,40,47)(H,41,46)(H,42,48)(H,43,49)(H,50,51)(H,52,53)/t29-/m0/s1. The molecule has 20 heteroatoms. The van der Waals surface area contributed by atoms with Crippen molar-refractivity contribution < 1.29 is 67.5 Å². The van der Waals surface area contributed by atoms with Gasteiger partial charge in [-0.1, -0.05) is 26.2 Å². The minimum absolute atomic E-state index is 0.0480. The number of carbonyl (C=O) groups excluding carboxylic acids is 6. The van der Waals surface area contributed by atoms with Crippen LogP contribution in [0.4, 0.5) is 0 Å². The SMILES string of the molecule is CCCCNC(=O)CCCNC(=O)CC[C@H](NC(=O)COCCOCCNC(=O)COCCOCCNC(=O)CCCNC(=O)CCCCCCC(=O)O)C(=O)O. The fraction of sp³-hybridized carbons (Fsp3) is 0.784. The third kappa shape index (κ3) is 37.0. The molecule has 0 aromatic carbocycles. The third-order valence-electron chi connectivity index (χ3n) is 7.84. The Labute approximate surface area is 335 Å². The van der Waals surface area contributed by atoms with Crippen LogP contribution in [0.15, 0.2) is 0 Å². The van der Waals surface area contributed by atoms with E-state index >= 15 is 0 Å². The van der Waals surface area contributed by atoms with Crippen LogP contribution >= 0.6 is 0 Å². The number of aliphatic carboxylic acids is 2. The van der Waals surface area contributed by atoms with Crippen molar-refractivity contribution >= 4 is 47.4 Å². The number of hydrogen-bond acceptors (Lipinski definition) is 12. The molecule has 0 unspecified atom stereocenters. The van der Waals surface area contributed by atoms with Crippen LogP contribution in [0.25, 0.3) is 0 Å². The van der Waals surface area contributed by atoms with Crippen molar-refractivity contribution in [2.75, 3.05) is 85.6 Å². The van der Waals surface area contributed by atoms with Crippen LogP contribution in [0.2, 0.25) is 0 Å². The summed E-state index contributed by atoms with van der Waals surface area (Å²) in [6, 6.07) is -1.27. The molecule has 0 aromatic rings. The van der Waals surface area contributed by atoms with Crippen molar-refractivity contribution in [1.29, 1.82) is 0 Å². The van der Waals surface area contributed by atoms with Gasteiger partial charge in [0.05, 0.1) is 39.6 Å². The molecule has 1 atom stereocenters. The lowest BCUT2D eigenvalue weighted by Gasteiger charge is -2.14. The maximum atomic E-state index is 12.1. The van der Waals surface area contributed by atoms with E-state index in [0.717, 1.165) is 25.7 Å². The number of nitrogens with one attached hydrogen (secondary N) is 6. The lowest BCUT2D eigenvalue weighted by molar-refractivity contribution is -0.143. The van der Waals surface area contributed by atoms with Gasteiger partial charge < -0.3 is 61.1 Å². The average Bonchev–Trinajstić information content (AvgIpc) is 3.16. The number of unbranched alkanes of at least 4 members (excludes halogenated alkanes) is 4. The first-order valence-electron chi connectivity index (χ1n) is 19.8. The number of carboxylic acids is 2. The summed E-state index contributed by atoms with van der Waals surface area (Å²) < 4.78 is 21.2. The molecule has 0 saturated carbocycles. The molecular formula is C37H66N6O14. The summed E-state index contributed by atoms with van der Waals surface area (Å²) in [6.45, 7) is 4.28. The quantitative estimate of drug-likeness (QED) is 0.0372. The van der Waals surface area contributed by atoms with Crippen LogP contribution in [-0.2, 0) is 57.3 Å². The van der Waals surface area contributed by atoms with Gasteiger partial charge in [-0.15, -0.1) is 0 Å². The zero-order chi connectivity index (χ0) is 42.4. The van der Waals surface area contributed by atoms with E-state index in [2.05, 4.69) is 31.9 Å². The molecular weight excluding hydrogens is 752 g/mol. The smallest absolute Gasteiger partial charge is 0.326 e. The van der Waals surface area contributed by atoms with Crippen LogP contribution < -0.4 is 31.9 Å². The Morgan fingerprint density at radius 3 is 1.37 bits per heavy atom. The molecule has 0 fully saturated rings. The number of carboxylic acid groups (broad SMARTS) is 2. The first-order chi connectivity index (χ1) is 27.4. The molecule has 0 aliphatic carbocycles. The van der Waals surface area contributed by atoms with Gasteiger partial charge in [0.2, 0.25) is 35.4 Å². The molecule has 0 heterocycles. The Bertz CT molecular complexity index is 1180. The van der Waals surface area contributed by atoms with Crippen molar-refractivity contribution in [3.8, 4) is 0 Å². The zero-order valence-corrected chi connectivity index (χ0v) is 33.5. The highest BCUT2D eigenvalue weighted by Crippen LogP contribution is 2.05. The third-order valence-corrected chi connectivity index (χ3v) is 7.84. The largest absolute Gasteiger partial charge is 0.481 e. The van der Waals surface area contributed by atoms with Gasteiger partial charge in [-0.25, -0.2) is 4.79 Å². The average molecular weight is 819 g/mol. The van der Waals surface area contributed by atoms with Gasteiger partial charge in [0.1, 0.15) is 19.3 Å². The molecule has 328 valence electrons. The topological polar surface area (TPSA) is 286 Å². The van der Waals surface area contributed by atoms with E-state index in [1.807, 2.05) is 6.92 Å². The highest BCUT2D eigenvalue weighted by molar-refractivity contribution is 5.85. The summed E-state index contributed by atoms with van der Waals surface area (Å²) in [6.07, 6.45) is 6.56. The number of rotatable bonds is 39. The Morgan fingerprint density at radius 1 is 0.439 bits per heavy atom. The van der Waals surface area contributed by atoms with Crippen molar-refractivity contribution in [2.45, 2.75) is 103 Å². The van der Waals surface area contributed by atoms with E-state index in [0.29, 0.717) is 51.7 Å². The van der Waals surface area contributed by atoms with Gasteiger partial charge in [-0.05, 0) is 38.5 Å². The number of ether oxygens (including phenoxy) is 4. The second kappa shape index (κ2) is 37.2. The fourth-order valence-corrected chi connectivity index (χ4v) is 4.74. The predicted octanol–water partition coefficient (Wildman–Crippen LogP) is -0.231. The van der Waals surface area contributed by atoms with E-state index < -0.39 is 30.5 Å². The van der Waals surface area contributed by atoms with Gasteiger partial charge in [0.25, 0.3) is 0 Å². The second-order valence-electron chi connectivity index (χ2n) is 12.9. The summed E-state index contributed by atoms with van der Waals surface area (Å²) in [5, 5.41) is 33.8. The molecule has 0 radical (unpaired) electrons. The molecule has 0 bridgehead atoms. The van der Waals surface area contributed by atoms with Gasteiger partial charge in [-0.2, -0.15) is 0 Å². The summed E-state index contributed by atoms with van der Waals surface area (Å²) in [5.41, 5.74) is 0. The number of hydrogen-bond donors (Lipinski definition) is 8. The summed E-state index contributed by atoms with van der Waals surface area (Å²) in [4.78, 5) is 93.4. The molecule has 0 rings (SSSR count). The van der Waals surface area contributed by atoms with Crippen molar-refractivity contribution in [3.05, 3.63) is 0 Å². The van der Waals surface area contributed by atoms with Crippen molar-refractivity contribution in [2.24, 2.45) is 0 Å². The Hall–Kier alpha value is -4.40. The Balaban J connectivity index is 3.68. The lowest BCUT2D eigenvalue weighted by atomic mass is 10.1. The van der Waals surface area contributed by atoms with Gasteiger partial charge in [0.15, 0.2) is 0 Å². The van der Waals surface area contributed by atoms with Crippen LogP contribution in [0, 0.1) is 0 Å². The molecule has 0 aromatic heterocycles. The van der Waals surface area contributed by atoms with Crippen LogP contribution in [0.1, 0.15) is 96.8 Å². The fourth-order valence-electron chi connectivity index (χ4n) is 4.74. The molecule has 6 amide bonds. The Morgan fingerprint density at radius 2 is 0.860 bits per heavy atom. The molecule has 20 nitrogen and oxygen atoms in total. The summed E-state index contributed by atoms with van der Waals surface area (Å²) >= 11 is 0. The predicted molar refractivity (Wildman–Crippen MR) is 206 cm³/mol. The van der Waals surface area contributed by atoms with Gasteiger partial charge in [-0.3, -0.25) is 33.6 Å². The second-order valence-corrected chi connectivity index (χ2v) is 12.9. The lowest BCUT2D eigenvalue weighted by Crippen LogP contribution is -2.43. The normalized spacial score (nSPS) is 11.2. The van der Waals surface area contributed by atoms with E-state index in [1.54, 1.807) is 0 Å². The van der Waals surface area contributed by atoms with E-state index in [1.165, 1.54) is 0 Å². The Kier molecular flexibility index (Phi) is 34.3. The minimum atomic E-state index is -1.28. The summed E-state index contributed by atoms with van der Waals surface area (Å²) in [5.74, 6) is -3.82. The molecule has 0 saturated heterocycles. The van der Waals surface area contributed by atoms with E-state index in [4.69, 9.17) is 24.1 Å². The van der Waals surface area contributed by atoms with Crippen molar-refractivity contribution in [1.82, 2.24) is 31.9 Å². The van der Waals surface area contributed by atoms with E-state index in [9.17, 15) is 43.5 Å². The van der Waals surface area contributed by atoms with Gasteiger partial charge >= 0.3 is 11.9 Å².